The lowest BCUT2D eigenvalue weighted by Crippen LogP contribution is -2.41. The molecule has 0 unspecified atom stereocenters. The maximum absolute atomic E-state index is 9.36. The predicted molar refractivity (Wildman–Crippen MR) is 68.5 cm³/mol. The Morgan fingerprint density at radius 1 is 1.06 bits per heavy atom. The van der Waals surface area contributed by atoms with Gasteiger partial charge in [-0.3, -0.25) is 0 Å². The smallest absolute Gasteiger partial charge is 0.0587 e. The van der Waals surface area contributed by atoms with Crippen LogP contribution >= 0.6 is 0 Å². The molecule has 1 rings (SSSR count). The molecule has 2 nitrogen and oxygen atoms in total. The Morgan fingerprint density at radius 3 is 2.19 bits per heavy atom. The minimum absolute atomic E-state index is 0.173. The summed E-state index contributed by atoms with van der Waals surface area (Å²) >= 11 is 0. The molecule has 1 aromatic rings. The van der Waals surface area contributed by atoms with Gasteiger partial charge < -0.3 is 10.4 Å². The van der Waals surface area contributed by atoms with Crippen LogP contribution < -0.4 is 5.32 Å². The van der Waals surface area contributed by atoms with E-state index in [4.69, 9.17) is 0 Å². The van der Waals surface area contributed by atoms with Crippen LogP contribution in [-0.2, 0) is 6.42 Å². The molecular weight excluding hydrogens is 198 g/mol. The van der Waals surface area contributed by atoms with Crippen molar-refractivity contribution >= 4 is 0 Å². The number of aliphatic hydroxyl groups is 1. The fourth-order valence-electron chi connectivity index (χ4n) is 1.93. The molecule has 16 heavy (non-hydrogen) atoms. The maximum Gasteiger partial charge on any atom is 0.0587 e. The summed E-state index contributed by atoms with van der Waals surface area (Å²) in [5.41, 5.74) is 1.28. The van der Waals surface area contributed by atoms with Crippen LogP contribution in [0.2, 0.25) is 0 Å². The Bertz CT molecular complexity index is 269. The highest BCUT2D eigenvalue weighted by Gasteiger charge is 2.12. The molecule has 0 aliphatic heterocycles. The van der Waals surface area contributed by atoms with E-state index in [1.165, 1.54) is 5.56 Å². The third kappa shape index (κ3) is 4.33. The summed E-state index contributed by atoms with van der Waals surface area (Å²) in [6, 6.07) is 11.0. The van der Waals surface area contributed by atoms with Crippen LogP contribution in [0.5, 0.6) is 0 Å². The molecule has 1 aromatic carbocycles. The fraction of sp³-hybridized carbons (Fsp3) is 0.571. The SMILES string of the molecule is CCC(CC)N[C@@H](CO)Cc1ccccc1. The van der Waals surface area contributed by atoms with Gasteiger partial charge in [0.15, 0.2) is 0 Å². The van der Waals surface area contributed by atoms with Gasteiger partial charge in [-0.25, -0.2) is 0 Å². The molecule has 0 heterocycles. The number of hydrogen-bond donors (Lipinski definition) is 2. The number of aliphatic hydroxyl groups excluding tert-OH is 1. The lowest BCUT2D eigenvalue weighted by atomic mass is 10.0. The van der Waals surface area contributed by atoms with Crippen molar-refractivity contribution in [2.75, 3.05) is 6.61 Å². The zero-order chi connectivity index (χ0) is 11.8. The lowest BCUT2D eigenvalue weighted by molar-refractivity contribution is 0.227. The normalized spacial score (nSPS) is 13.0. The first-order valence-electron chi connectivity index (χ1n) is 6.21. The number of nitrogens with one attached hydrogen (secondary N) is 1. The van der Waals surface area contributed by atoms with Gasteiger partial charge in [0.2, 0.25) is 0 Å². The van der Waals surface area contributed by atoms with E-state index in [9.17, 15) is 5.11 Å². The van der Waals surface area contributed by atoms with Gasteiger partial charge in [-0.1, -0.05) is 44.2 Å². The van der Waals surface area contributed by atoms with Crippen molar-refractivity contribution in [2.24, 2.45) is 0 Å². The summed E-state index contributed by atoms with van der Waals surface area (Å²) in [6.45, 7) is 4.56. The van der Waals surface area contributed by atoms with Gasteiger partial charge in [-0.2, -0.15) is 0 Å². The van der Waals surface area contributed by atoms with Gasteiger partial charge in [-0.05, 0) is 24.8 Å². The largest absolute Gasteiger partial charge is 0.395 e. The van der Waals surface area contributed by atoms with Crippen molar-refractivity contribution in [3.63, 3.8) is 0 Å². The van der Waals surface area contributed by atoms with E-state index < -0.39 is 0 Å². The molecule has 0 fully saturated rings. The highest BCUT2D eigenvalue weighted by atomic mass is 16.3. The van der Waals surface area contributed by atoms with Gasteiger partial charge in [0.1, 0.15) is 0 Å². The molecule has 0 aliphatic rings. The molecule has 0 aliphatic carbocycles. The van der Waals surface area contributed by atoms with Crippen molar-refractivity contribution in [1.82, 2.24) is 5.32 Å². The van der Waals surface area contributed by atoms with Gasteiger partial charge in [0.05, 0.1) is 6.61 Å². The Morgan fingerprint density at radius 2 is 1.69 bits per heavy atom. The van der Waals surface area contributed by atoms with Crippen LogP contribution in [0.25, 0.3) is 0 Å². The first kappa shape index (κ1) is 13.2. The Kier molecular flexibility index (Phi) is 6.12. The average molecular weight is 221 g/mol. The topological polar surface area (TPSA) is 32.3 Å². The molecule has 0 radical (unpaired) electrons. The second-order valence-corrected chi connectivity index (χ2v) is 4.25. The third-order valence-electron chi connectivity index (χ3n) is 3.00. The van der Waals surface area contributed by atoms with E-state index in [1.54, 1.807) is 0 Å². The standard InChI is InChI=1S/C14H23NO/c1-3-13(4-2)15-14(11-16)10-12-8-6-5-7-9-12/h5-9,13-16H,3-4,10-11H2,1-2H3/t14-/m1/s1. The predicted octanol–water partition coefficient (Wildman–Crippen LogP) is 2.37. The molecule has 0 spiro atoms. The summed E-state index contributed by atoms with van der Waals surface area (Å²) in [6.07, 6.45) is 3.12. The summed E-state index contributed by atoms with van der Waals surface area (Å²) in [5.74, 6) is 0. The molecule has 0 amide bonds. The molecule has 0 saturated carbocycles. The average Bonchev–Trinajstić information content (AvgIpc) is 2.35. The van der Waals surface area contributed by atoms with Crippen molar-refractivity contribution in [3.8, 4) is 0 Å². The highest BCUT2D eigenvalue weighted by molar-refractivity contribution is 5.15. The van der Waals surface area contributed by atoms with Crippen LogP contribution in [-0.4, -0.2) is 23.8 Å². The molecule has 0 bridgehead atoms. The van der Waals surface area contributed by atoms with E-state index in [1.807, 2.05) is 18.2 Å². The maximum atomic E-state index is 9.36. The van der Waals surface area contributed by atoms with Crippen molar-refractivity contribution in [1.29, 1.82) is 0 Å². The number of benzene rings is 1. The van der Waals surface area contributed by atoms with Crippen LogP contribution in [0, 0.1) is 0 Å². The van der Waals surface area contributed by atoms with Crippen LogP contribution in [0.3, 0.4) is 0 Å². The first-order valence-corrected chi connectivity index (χ1v) is 6.21. The molecule has 2 heteroatoms. The van der Waals surface area contributed by atoms with Crippen LogP contribution in [0.15, 0.2) is 30.3 Å². The zero-order valence-corrected chi connectivity index (χ0v) is 10.3. The zero-order valence-electron chi connectivity index (χ0n) is 10.3. The van der Waals surface area contributed by atoms with Gasteiger partial charge >= 0.3 is 0 Å². The van der Waals surface area contributed by atoms with Gasteiger partial charge in [0, 0.05) is 12.1 Å². The summed E-state index contributed by atoms with van der Waals surface area (Å²) in [4.78, 5) is 0. The first-order chi connectivity index (χ1) is 7.80. The molecule has 0 aromatic heterocycles. The second kappa shape index (κ2) is 7.42. The fourth-order valence-corrected chi connectivity index (χ4v) is 1.93. The quantitative estimate of drug-likeness (QED) is 0.741. The Labute approximate surface area is 98.7 Å². The third-order valence-corrected chi connectivity index (χ3v) is 3.00. The number of hydrogen-bond acceptors (Lipinski definition) is 2. The minimum Gasteiger partial charge on any atom is -0.395 e. The molecule has 0 saturated heterocycles. The van der Waals surface area contributed by atoms with E-state index in [2.05, 4.69) is 31.3 Å². The van der Waals surface area contributed by atoms with E-state index in [-0.39, 0.29) is 12.6 Å². The summed E-state index contributed by atoms with van der Waals surface area (Å²) in [7, 11) is 0. The summed E-state index contributed by atoms with van der Waals surface area (Å²) < 4.78 is 0. The van der Waals surface area contributed by atoms with Crippen molar-refractivity contribution in [3.05, 3.63) is 35.9 Å². The van der Waals surface area contributed by atoms with Crippen LogP contribution in [0.1, 0.15) is 32.3 Å². The number of rotatable bonds is 7. The van der Waals surface area contributed by atoms with E-state index >= 15 is 0 Å². The Hall–Kier alpha value is -0.860. The molecule has 90 valence electrons. The van der Waals surface area contributed by atoms with Crippen molar-refractivity contribution < 1.29 is 5.11 Å². The van der Waals surface area contributed by atoms with Crippen molar-refractivity contribution in [2.45, 2.75) is 45.2 Å². The van der Waals surface area contributed by atoms with Gasteiger partial charge in [-0.15, -0.1) is 0 Å². The second-order valence-electron chi connectivity index (χ2n) is 4.25. The Balaban J connectivity index is 2.49. The monoisotopic (exact) mass is 221 g/mol. The van der Waals surface area contributed by atoms with E-state index in [0.717, 1.165) is 19.3 Å². The lowest BCUT2D eigenvalue weighted by Gasteiger charge is -2.22. The highest BCUT2D eigenvalue weighted by Crippen LogP contribution is 2.05. The molecule has 2 N–H and O–H groups in total. The molecular formula is C14H23NO. The van der Waals surface area contributed by atoms with Crippen LogP contribution in [0.4, 0.5) is 0 Å². The minimum atomic E-state index is 0.173. The molecule has 1 atom stereocenters. The van der Waals surface area contributed by atoms with E-state index in [0.29, 0.717) is 6.04 Å². The summed E-state index contributed by atoms with van der Waals surface area (Å²) in [5, 5.41) is 12.9. The van der Waals surface area contributed by atoms with Gasteiger partial charge in [0.25, 0.3) is 0 Å².